The summed E-state index contributed by atoms with van der Waals surface area (Å²) in [6.07, 6.45) is 1.42. The van der Waals surface area contributed by atoms with Crippen molar-refractivity contribution in [1.82, 2.24) is 9.55 Å². The summed E-state index contributed by atoms with van der Waals surface area (Å²) in [5.41, 5.74) is 2.16. The van der Waals surface area contributed by atoms with Gasteiger partial charge in [-0.3, -0.25) is 14.2 Å². The number of amides is 1. The predicted octanol–water partition coefficient (Wildman–Crippen LogP) is 3.68. The molecular weight excluding hydrogens is 346 g/mol. The number of carbonyl (C=O) groups excluding carboxylic acids is 1. The average molecular weight is 362 g/mol. The minimum absolute atomic E-state index is 0.0952. The van der Waals surface area contributed by atoms with Crippen molar-refractivity contribution in [3.8, 4) is 0 Å². The molecule has 124 valence electrons. The summed E-state index contributed by atoms with van der Waals surface area (Å²) < 4.78 is 1.33. The minimum atomic E-state index is -0.298. The van der Waals surface area contributed by atoms with E-state index >= 15 is 0 Å². The Morgan fingerprint density at radius 1 is 1.29 bits per heavy atom. The molecule has 3 aromatic rings. The summed E-state index contributed by atoms with van der Waals surface area (Å²) in [6, 6.07) is 5.30. The molecule has 1 N–H and O–H groups in total. The van der Waals surface area contributed by atoms with E-state index in [2.05, 4.69) is 10.3 Å². The van der Waals surface area contributed by atoms with Crippen LogP contribution in [0.2, 0.25) is 5.02 Å². The average Bonchev–Trinajstić information content (AvgIpc) is 2.82. The van der Waals surface area contributed by atoms with E-state index in [9.17, 15) is 9.59 Å². The van der Waals surface area contributed by atoms with E-state index in [1.807, 2.05) is 20.8 Å². The second-order valence-electron chi connectivity index (χ2n) is 5.60. The molecule has 3 rings (SSSR count). The fourth-order valence-electron chi connectivity index (χ4n) is 2.47. The summed E-state index contributed by atoms with van der Waals surface area (Å²) in [5, 5.41) is 3.96. The molecule has 0 radical (unpaired) electrons. The van der Waals surface area contributed by atoms with Gasteiger partial charge in [0, 0.05) is 15.6 Å². The molecule has 0 saturated heterocycles. The first-order chi connectivity index (χ1) is 11.4. The number of halogens is 1. The Bertz CT molecular complexity index is 1010. The van der Waals surface area contributed by atoms with E-state index in [-0.39, 0.29) is 18.0 Å². The van der Waals surface area contributed by atoms with E-state index in [0.29, 0.717) is 20.9 Å². The van der Waals surface area contributed by atoms with Crippen LogP contribution in [0.1, 0.15) is 16.0 Å². The van der Waals surface area contributed by atoms with Gasteiger partial charge in [0.1, 0.15) is 11.4 Å². The Morgan fingerprint density at radius 2 is 2.04 bits per heavy atom. The third-order valence-corrected chi connectivity index (χ3v) is 5.54. The second kappa shape index (κ2) is 6.37. The van der Waals surface area contributed by atoms with Crippen LogP contribution in [-0.2, 0) is 11.3 Å². The van der Waals surface area contributed by atoms with Crippen LogP contribution in [-0.4, -0.2) is 15.5 Å². The number of rotatable bonds is 3. The summed E-state index contributed by atoms with van der Waals surface area (Å²) in [7, 11) is 0. The van der Waals surface area contributed by atoms with Crippen molar-refractivity contribution in [3.63, 3.8) is 0 Å². The van der Waals surface area contributed by atoms with Crippen LogP contribution in [0.25, 0.3) is 10.2 Å². The highest BCUT2D eigenvalue weighted by molar-refractivity contribution is 7.18. The van der Waals surface area contributed by atoms with Gasteiger partial charge in [-0.05, 0) is 44.0 Å². The Morgan fingerprint density at radius 3 is 2.79 bits per heavy atom. The third-order valence-electron chi connectivity index (χ3n) is 4.01. The SMILES string of the molecule is Cc1sc2ncn(CC(=O)Nc3cccc(Cl)c3C)c(=O)c2c1C. The quantitative estimate of drug-likeness (QED) is 0.774. The van der Waals surface area contributed by atoms with Crippen molar-refractivity contribution in [3.05, 3.63) is 55.9 Å². The zero-order valence-corrected chi connectivity index (χ0v) is 15.1. The topological polar surface area (TPSA) is 64.0 Å². The van der Waals surface area contributed by atoms with Gasteiger partial charge in [0.25, 0.3) is 5.56 Å². The van der Waals surface area contributed by atoms with Gasteiger partial charge in [-0.1, -0.05) is 17.7 Å². The lowest BCUT2D eigenvalue weighted by atomic mass is 10.2. The maximum Gasteiger partial charge on any atom is 0.262 e. The number of nitrogens with zero attached hydrogens (tertiary/aromatic N) is 2. The Labute approximate surface area is 147 Å². The largest absolute Gasteiger partial charge is 0.324 e. The minimum Gasteiger partial charge on any atom is -0.324 e. The summed E-state index contributed by atoms with van der Waals surface area (Å²) in [6.45, 7) is 5.59. The summed E-state index contributed by atoms with van der Waals surface area (Å²) in [4.78, 5) is 30.9. The number of hydrogen-bond acceptors (Lipinski definition) is 4. The number of carbonyl (C=O) groups is 1. The van der Waals surface area contributed by atoms with Crippen LogP contribution in [0.15, 0.2) is 29.3 Å². The molecule has 2 aromatic heterocycles. The van der Waals surface area contributed by atoms with E-state index in [0.717, 1.165) is 16.0 Å². The number of aryl methyl sites for hydroxylation is 2. The molecule has 0 aliphatic rings. The molecule has 0 aliphatic carbocycles. The molecule has 0 atom stereocenters. The van der Waals surface area contributed by atoms with Gasteiger partial charge >= 0.3 is 0 Å². The standard InChI is InChI=1S/C17H16ClN3O2S/c1-9-11(3)24-16-15(9)17(23)21(8-19-16)7-14(22)20-13-6-4-5-12(18)10(13)2/h4-6,8H,7H2,1-3H3,(H,20,22). The highest BCUT2D eigenvalue weighted by atomic mass is 35.5. The number of hydrogen-bond donors (Lipinski definition) is 1. The van der Waals surface area contributed by atoms with Gasteiger partial charge in [0.2, 0.25) is 5.91 Å². The summed E-state index contributed by atoms with van der Waals surface area (Å²) >= 11 is 7.54. The van der Waals surface area contributed by atoms with Gasteiger partial charge in [-0.25, -0.2) is 4.98 Å². The van der Waals surface area contributed by atoms with Crippen molar-refractivity contribution < 1.29 is 4.79 Å². The molecule has 7 heteroatoms. The second-order valence-corrected chi connectivity index (χ2v) is 7.21. The normalized spacial score (nSPS) is 11.0. The zero-order valence-electron chi connectivity index (χ0n) is 13.5. The highest BCUT2D eigenvalue weighted by Crippen LogP contribution is 2.25. The van der Waals surface area contributed by atoms with Crippen molar-refractivity contribution in [2.75, 3.05) is 5.32 Å². The lowest BCUT2D eigenvalue weighted by Gasteiger charge is -2.10. The molecule has 0 unspecified atom stereocenters. The van der Waals surface area contributed by atoms with Crippen LogP contribution < -0.4 is 10.9 Å². The molecule has 0 fully saturated rings. The first-order valence-corrected chi connectivity index (χ1v) is 8.58. The Hall–Kier alpha value is -2.18. The Kier molecular flexibility index (Phi) is 4.43. The number of aromatic nitrogens is 2. The van der Waals surface area contributed by atoms with Gasteiger partial charge < -0.3 is 5.32 Å². The third kappa shape index (κ3) is 2.95. The van der Waals surface area contributed by atoms with Crippen molar-refractivity contribution in [2.45, 2.75) is 27.3 Å². The lowest BCUT2D eigenvalue weighted by Crippen LogP contribution is -2.28. The molecule has 5 nitrogen and oxygen atoms in total. The molecular formula is C17H16ClN3O2S. The molecule has 0 bridgehead atoms. The molecule has 1 aromatic carbocycles. The number of benzene rings is 1. The van der Waals surface area contributed by atoms with Crippen LogP contribution in [0.3, 0.4) is 0 Å². The molecule has 0 aliphatic heterocycles. The van der Waals surface area contributed by atoms with E-state index in [1.165, 1.54) is 22.2 Å². The monoisotopic (exact) mass is 361 g/mol. The number of thiophene rings is 1. The fraction of sp³-hybridized carbons (Fsp3) is 0.235. The summed E-state index contributed by atoms with van der Waals surface area (Å²) in [5.74, 6) is -0.298. The van der Waals surface area contributed by atoms with Crippen LogP contribution in [0.5, 0.6) is 0 Å². The number of nitrogens with one attached hydrogen (secondary N) is 1. The fourth-order valence-corrected chi connectivity index (χ4v) is 3.63. The molecule has 2 heterocycles. The van der Waals surface area contributed by atoms with Crippen molar-refractivity contribution in [1.29, 1.82) is 0 Å². The first kappa shape index (κ1) is 16.7. The van der Waals surface area contributed by atoms with Crippen LogP contribution in [0.4, 0.5) is 5.69 Å². The molecule has 1 amide bonds. The molecule has 24 heavy (non-hydrogen) atoms. The molecule has 0 spiro atoms. The zero-order chi connectivity index (χ0) is 17.4. The molecule has 0 saturated carbocycles. The van der Waals surface area contributed by atoms with E-state index in [4.69, 9.17) is 11.6 Å². The number of anilines is 1. The van der Waals surface area contributed by atoms with Gasteiger partial charge in [-0.2, -0.15) is 0 Å². The van der Waals surface area contributed by atoms with Crippen molar-refractivity contribution >= 4 is 44.7 Å². The van der Waals surface area contributed by atoms with Crippen LogP contribution >= 0.6 is 22.9 Å². The smallest absolute Gasteiger partial charge is 0.262 e. The first-order valence-electron chi connectivity index (χ1n) is 7.38. The van der Waals surface area contributed by atoms with Crippen molar-refractivity contribution in [2.24, 2.45) is 0 Å². The maximum atomic E-state index is 12.6. The Balaban J connectivity index is 1.88. The predicted molar refractivity (Wildman–Crippen MR) is 98.2 cm³/mol. The maximum absolute atomic E-state index is 12.6. The van der Waals surface area contributed by atoms with Gasteiger partial charge in [0.05, 0.1) is 11.7 Å². The number of fused-ring (bicyclic) bond motifs is 1. The van der Waals surface area contributed by atoms with E-state index < -0.39 is 0 Å². The highest BCUT2D eigenvalue weighted by Gasteiger charge is 2.14. The van der Waals surface area contributed by atoms with Gasteiger partial charge in [0.15, 0.2) is 0 Å². The van der Waals surface area contributed by atoms with Gasteiger partial charge in [-0.15, -0.1) is 11.3 Å². The van der Waals surface area contributed by atoms with E-state index in [1.54, 1.807) is 18.2 Å². The van der Waals surface area contributed by atoms with Crippen LogP contribution in [0, 0.1) is 20.8 Å². The lowest BCUT2D eigenvalue weighted by molar-refractivity contribution is -0.116.